The summed E-state index contributed by atoms with van der Waals surface area (Å²) >= 11 is 0. The number of aromatic nitrogens is 1. The van der Waals surface area contributed by atoms with Crippen molar-refractivity contribution in [2.75, 3.05) is 6.67 Å². The van der Waals surface area contributed by atoms with Crippen LogP contribution in [0, 0.1) is 0 Å². The molecule has 0 saturated heterocycles. The Bertz CT molecular complexity index is 642. The van der Waals surface area contributed by atoms with E-state index in [4.69, 9.17) is 5.73 Å². The Labute approximate surface area is 118 Å². The quantitative estimate of drug-likeness (QED) is 0.854. The number of nitrogens with two attached hydrogens (primary N) is 1. The molecule has 110 valence electrons. The van der Waals surface area contributed by atoms with Gasteiger partial charge in [-0.15, -0.1) is 0 Å². The minimum Gasteiger partial charge on any atom is -0.338 e. The summed E-state index contributed by atoms with van der Waals surface area (Å²) in [5.74, 6) is -0.749. The lowest BCUT2D eigenvalue weighted by atomic mass is 10.1. The third-order valence-corrected chi connectivity index (χ3v) is 2.72. The van der Waals surface area contributed by atoms with Crippen LogP contribution in [0.5, 0.6) is 0 Å². The normalized spacial score (nSPS) is 11.2. The van der Waals surface area contributed by atoms with Crippen LogP contribution in [0.3, 0.4) is 0 Å². The van der Waals surface area contributed by atoms with Crippen LogP contribution < -0.4 is 11.1 Å². The Kier molecular flexibility index (Phi) is 4.23. The molecule has 2 rings (SSSR count). The monoisotopic (exact) mass is 295 g/mol. The van der Waals surface area contributed by atoms with E-state index >= 15 is 0 Å². The van der Waals surface area contributed by atoms with Crippen molar-refractivity contribution in [2.24, 2.45) is 5.73 Å². The third-order valence-electron chi connectivity index (χ3n) is 2.72. The van der Waals surface area contributed by atoms with Gasteiger partial charge in [-0.2, -0.15) is 13.2 Å². The van der Waals surface area contributed by atoms with E-state index in [1.54, 1.807) is 30.3 Å². The van der Waals surface area contributed by atoms with Gasteiger partial charge < -0.3 is 11.1 Å². The zero-order chi connectivity index (χ0) is 15.5. The van der Waals surface area contributed by atoms with Gasteiger partial charge in [0.15, 0.2) is 0 Å². The number of carbonyl (C=O) groups excluding carboxylic acids is 1. The highest BCUT2D eigenvalue weighted by molar-refractivity contribution is 5.93. The fourth-order valence-electron chi connectivity index (χ4n) is 1.75. The van der Waals surface area contributed by atoms with Crippen molar-refractivity contribution in [1.82, 2.24) is 10.3 Å². The van der Waals surface area contributed by atoms with Gasteiger partial charge in [0.2, 0.25) is 0 Å². The Hall–Kier alpha value is -2.41. The Morgan fingerprint density at radius 3 is 2.43 bits per heavy atom. The van der Waals surface area contributed by atoms with Crippen LogP contribution in [0.1, 0.15) is 16.1 Å². The largest absolute Gasteiger partial charge is 0.416 e. The molecule has 0 radical (unpaired) electrons. The zero-order valence-electron chi connectivity index (χ0n) is 10.8. The van der Waals surface area contributed by atoms with Gasteiger partial charge in [0.1, 0.15) is 5.69 Å². The first kappa shape index (κ1) is 15.0. The fourth-order valence-corrected chi connectivity index (χ4v) is 1.75. The molecule has 0 aliphatic heterocycles. The lowest BCUT2D eigenvalue weighted by Crippen LogP contribution is -2.30. The number of carbonyl (C=O) groups is 1. The van der Waals surface area contributed by atoms with Crippen molar-refractivity contribution in [2.45, 2.75) is 6.18 Å². The summed E-state index contributed by atoms with van der Waals surface area (Å²) in [6.45, 7) is -0.183. The minimum absolute atomic E-state index is 0.0765. The fraction of sp³-hybridized carbons (Fsp3) is 0.143. The van der Waals surface area contributed by atoms with E-state index in [2.05, 4.69) is 10.3 Å². The van der Waals surface area contributed by atoms with E-state index in [-0.39, 0.29) is 18.1 Å². The summed E-state index contributed by atoms with van der Waals surface area (Å²) in [6, 6.07) is 9.94. The van der Waals surface area contributed by atoms with Gasteiger partial charge in [-0.25, -0.2) is 4.98 Å². The first-order valence-electron chi connectivity index (χ1n) is 6.05. The number of hydrogen-bond acceptors (Lipinski definition) is 3. The first-order chi connectivity index (χ1) is 9.91. The Balaban J connectivity index is 2.55. The first-order valence-corrected chi connectivity index (χ1v) is 6.05. The van der Waals surface area contributed by atoms with Crippen LogP contribution >= 0.6 is 0 Å². The van der Waals surface area contributed by atoms with Gasteiger partial charge in [0.05, 0.1) is 17.9 Å². The summed E-state index contributed by atoms with van der Waals surface area (Å²) in [4.78, 5) is 15.7. The molecule has 7 heteroatoms. The lowest BCUT2D eigenvalue weighted by Gasteiger charge is -2.11. The second-order valence-corrected chi connectivity index (χ2v) is 4.20. The van der Waals surface area contributed by atoms with Crippen LogP contribution in [-0.4, -0.2) is 17.6 Å². The maximum absolute atomic E-state index is 12.9. The average molecular weight is 295 g/mol. The third kappa shape index (κ3) is 3.57. The summed E-state index contributed by atoms with van der Waals surface area (Å²) in [5, 5.41) is 2.23. The van der Waals surface area contributed by atoms with E-state index in [0.717, 1.165) is 6.07 Å². The van der Waals surface area contributed by atoms with Crippen LogP contribution in [0.2, 0.25) is 0 Å². The molecule has 0 unspecified atom stereocenters. The SMILES string of the molecule is NCNC(=O)c1cc(C(F)(F)F)cc(-c2ccccc2)n1. The number of benzene rings is 1. The Morgan fingerprint density at radius 1 is 1.19 bits per heavy atom. The Morgan fingerprint density at radius 2 is 1.86 bits per heavy atom. The molecule has 1 aromatic carbocycles. The van der Waals surface area contributed by atoms with Crippen LogP contribution in [0.4, 0.5) is 13.2 Å². The topological polar surface area (TPSA) is 68.0 Å². The molecule has 2 aromatic rings. The van der Waals surface area contributed by atoms with E-state index in [1.165, 1.54) is 0 Å². The molecule has 4 nitrogen and oxygen atoms in total. The second kappa shape index (κ2) is 5.92. The molecule has 0 spiro atoms. The van der Waals surface area contributed by atoms with Crippen molar-refractivity contribution >= 4 is 5.91 Å². The smallest absolute Gasteiger partial charge is 0.338 e. The molecule has 1 amide bonds. The number of rotatable bonds is 3. The average Bonchev–Trinajstić information content (AvgIpc) is 2.47. The van der Waals surface area contributed by atoms with Crippen molar-refractivity contribution in [3.05, 3.63) is 53.7 Å². The van der Waals surface area contributed by atoms with Crippen LogP contribution in [0.15, 0.2) is 42.5 Å². The number of amides is 1. The van der Waals surface area contributed by atoms with Crippen molar-refractivity contribution in [1.29, 1.82) is 0 Å². The van der Waals surface area contributed by atoms with Gasteiger partial charge in [-0.3, -0.25) is 4.79 Å². The predicted molar refractivity (Wildman–Crippen MR) is 71.2 cm³/mol. The van der Waals surface area contributed by atoms with Crippen molar-refractivity contribution in [3.8, 4) is 11.3 Å². The maximum atomic E-state index is 12.9. The zero-order valence-corrected chi connectivity index (χ0v) is 10.8. The summed E-state index contributed by atoms with van der Waals surface area (Å²) in [7, 11) is 0. The van der Waals surface area contributed by atoms with E-state index in [0.29, 0.717) is 11.6 Å². The number of alkyl halides is 3. The minimum atomic E-state index is -4.57. The number of nitrogens with one attached hydrogen (secondary N) is 1. The van der Waals surface area contributed by atoms with Crippen molar-refractivity contribution in [3.63, 3.8) is 0 Å². The predicted octanol–water partition coefficient (Wildman–Crippen LogP) is 2.41. The van der Waals surface area contributed by atoms with E-state index < -0.39 is 17.6 Å². The maximum Gasteiger partial charge on any atom is 0.416 e. The van der Waals surface area contributed by atoms with E-state index in [1.807, 2.05) is 0 Å². The molecule has 0 atom stereocenters. The molecular weight excluding hydrogens is 283 g/mol. The van der Waals surface area contributed by atoms with Gasteiger partial charge in [-0.1, -0.05) is 30.3 Å². The van der Waals surface area contributed by atoms with E-state index in [9.17, 15) is 18.0 Å². The number of nitrogens with zero attached hydrogens (tertiary/aromatic N) is 1. The molecule has 21 heavy (non-hydrogen) atoms. The van der Waals surface area contributed by atoms with Gasteiger partial charge in [0.25, 0.3) is 5.91 Å². The molecule has 1 heterocycles. The van der Waals surface area contributed by atoms with Gasteiger partial charge >= 0.3 is 6.18 Å². The second-order valence-electron chi connectivity index (χ2n) is 4.20. The lowest BCUT2D eigenvalue weighted by molar-refractivity contribution is -0.137. The standard InChI is InChI=1S/C14H12F3N3O/c15-14(16,17)10-6-11(9-4-2-1-3-5-9)20-12(7-10)13(21)19-8-18/h1-7H,8,18H2,(H,19,21). The molecule has 1 aromatic heterocycles. The molecule has 0 bridgehead atoms. The molecule has 0 aliphatic rings. The molecular formula is C14H12F3N3O. The van der Waals surface area contributed by atoms with Crippen LogP contribution in [-0.2, 0) is 6.18 Å². The summed E-state index contributed by atoms with van der Waals surface area (Å²) < 4.78 is 38.8. The molecule has 3 N–H and O–H groups in total. The van der Waals surface area contributed by atoms with Gasteiger partial charge in [0, 0.05) is 5.56 Å². The molecule has 0 saturated carbocycles. The summed E-state index contributed by atoms with van der Waals surface area (Å²) in [6.07, 6.45) is -4.57. The highest BCUT2D eigenvalue weighted by Crippen LogP contribution is 2.32. The number of halogens is 3. The highest BCUT2D eigenvalue weighted by Gasteiger charge is 2.32. The van der Waals surface area contributed by atoms with Crippen LogP contribution in [0.25, 0.3) is 11.3 Å². The van der Waals surface area contributed by atoms with Crippen molar-refractivity contribution < 1.29 is 18.0 Å². The summed E-state index contributed by atoms with van der Waals surface area (Å²) in [5.41, 5.74) is 4.47. The molecule has 0 aliphatic carbocycles. The molecule has 0 fully saturated rings. The highest BCUT2D eigenvalue weighted by atomic mass is 19.4. The number of pyridine rings is 1. The van der Waals surface area contributed by atoms with Gasteiger partial charge in [-0.05, 0) is 12.1 Å². The number of hydrogen-bond donors (Lipinski definition) is 2.